The van der Waals surface area contributed by atoms with Crippen LogP contribution in [0.25, 0.3) is 0 Å². The number of amides is 1. The van der Waals surface area contributed by atoms with Crippen molar-refractivity contribution in [3.05, 3.63) is 89.5 Å². The molecule has 0 atom stereocenters. The predicted octanol–water partition coefficient (Wildman–Crippen LogP) is 5.97. The van der Waals surface area contributed by atoms with E-state index in [1.165, 1.54) is 30.3 Å². The van der Waals surface area contributed by atoms with Gasteiger partial charge >= 0.3 is 6.18 Å². The molecule has 180 valence electrons. The molecule has 0 unspecified atom stereocenters. The van der Waals surface area contributed by atoms with E-state index in [1.54, 1.807) is 6.07 Å². The van der Waals surface area contributed by atoms with Crippen molar-refractivity contribution in [2.45, 2.75) is 37.8 Å². The first-order valence-electron chi connectivity index (χ1n) is 10.6. The Kier molecular flexibility index (Phi) is 7.35. The molecule has 0 saturated heterocycles. The molecule has 9 heteroatoms. The van der Waals surface area contributed by atoms with Crippen LogP contribution in [0.4, 0.5) is 24.5 Å². The van der Waals surface area contributed by atoms with Crippen LogP contribution in [0.15, 0.2) is 77.7 Å². The minimum absolute atomic E-state index is 0.0859. The van der Waals surface area contributed by atoms with Crippen LogP contribution >= 0.6 is 0 Å². The molecule has 5 nitrogen and oxygen atoms in total. The number of hydrogen-bond donors (Lipinski definition) is 1. The second kappa shape index (κ2) is 9.89. The highest BCUT2D eigenvalue weighted by Crippen LogP contribution is 2.33. The molecule has 3 aromatic carbocycles. The van der Waals surface area contributed by atoms with Crippen LogP contribution in [0.2, 0.25) is 0 Å². The van der Waals surface area contributed by atoms with Gasteiger partial charge in [-0.1, -0.05) is 56.3 Å². The second-order valence-electron chi connectivity index (χ2n) is 8.11. The number of aryl methyl sites for hydroxylation is 1. The van der Waals surface area contributed by atoms with Gasteiger partial charge in [-0.25, -0.2) is 8.42 Å². The van der Waals surface area contributed by atoms with Gasteiger partial charge in [-0.05, 0) is 54.3 Å². The zero-order valence-corrected chi connectivity index (χ0v) is 19.7. The molecule has 0 aliphatic rings. The van der Waals surface area contributed by atoms with E-state index < -0.39 is 34.2 Å². The maximum absolute atomic E-state index is 13.4. The lowest BCUT2D eigenvalue weighted by molar-refractivity contribution is -0.137. The van der Waals surface area contributed by atoms with Gasteiger partial charge < -0.3 is 5.32 Å². The van der Waals surface area contributed by atoms with Gasteiger partial charge in [-0.2, -0.15) is 13.2 Å². The summed E-state index contributed by atoms with van der Waals surface area (Å²) >= 11 is 0. The average molecular weight is 491 g/mol. The molecule has 1 N–H and O–H groups in total. The Morgan fingerprint density at radius 1 is 0.971 bits per heavy atom. The summed E-state index contributed by atoms with van der Waals surface area (Å²) in [4.78, 5) is 12.9. The van der Waals surface area contributed by atoms with Gasteiger partial charge in [0.15, 0.2) is 0 Å². The SMILES string of the molecule is Cc1cccc(C(C)C)c1NC(=O)CN(c1cccc(C(F)(F)F)c1)S(=O)(=O)c1ccccc1. The molecule has 0 aromatic heterocycles. The van der Waals surface area contributed by atoms with Crippen LogP contribution in [0.3, 0.4) is 0 Å². The number of halogens is 3. The zero-order valence-electron chi connectivity index (χ0n) is 18.9. The Hall–Kier alpha value is -3.33. The molecule has 0 bridgehead atoms. The first kappa shape index (κ1) is 25.3. The topological polar surface area (TPSA) is 66.5 Å². The lowest BCUT2D eigenvalue weighted by atomic mass is 9.98. The third-order valence-electron chi connectivity index (χ3n) is 5.27. The minimum Gasteiger partial charge on any atom is -0.324 e. The molecule has 3 aromatic rings. The van der Waals surface area contributed by atoms with Crippen molar-refractivity contribution in [1.82, 2.24) is 0 Å². The second-order valence-corrected chi connectivity index (χ2v) is 9.98. The predicted molar refractivity (Wildman–Crippen MR) is 126 cm³/mol. The van der Waals surface area contributed by atoms with E-state index in [0.29, 0.717) is 9.99 Å². The van der Waals surface area contributed by atoms with Crippen LogP contribution < -0.4 is 9.62 Å². The number of alkyl halides is 3. The van der Waals surface area contributed by atoms with Crippen LogP contribution in [-0.2, 0) is 21.0 Å². The summed E-state index contributed by atoms with van der Waals surface area (Å²) < 4.78 is 67.4. The average Bonchev–Trinajstić information content (AvgIpc) is 2.78. The van der Waals surface area contributed by atoms with E-state index in [-0.39, 0.29) is 16.5 Å². The molecule has 0 radical (unpaired) electrons. The summed E-state index contributed by atoms with van der Waals surface area (Å²) in [6.07, 6.45) is -4.67. The smallest absolute Gasteiger partial charge is 0.324 e. The van der Waals surface area contributed by atoms with E-state index in [1.807, 2.05) is 39.0 Å². The first-order valence-corrected chi connectivity index (χ1v) is 12.0. The highest BCUT2D eigenvalue weighted by atomic mass is 32.2. The fourth-order valence-electron chi connectivity index (χ4n) is 3.52. The molecule has 0 aliphatic heterocycles. The maximum Gasteiger partial charge on any atom is 0.416 e. The van der Waals surface area contributed by atoms with Crippen molar-refractivity contribution in [1.29, 1.82) is 0 Å². The number of anilines is 2. The van der Waals surface area contributed by atoms with E-state index >= 15 is 0 Å². The van der Waals surface area contributed by atoms with Crippen molar-refractivity contribution < 1.29 is 26.4 Å². The van der Waals surface area contributed by atoms with Gasteiger partial charge in [-0.3, -0.25) is 9.10 Å². The molecule has 0 saturated carbocycles. The van der Waals surface area contributed by atoms with Crippen molar-refractivity contribution in [2.75, 3.05) is 16.2 Å². The molecular weight excluding hydrogens is 465 g/mol. The number of hydrogen-bond acceptors (Lipinski definition) is 3. The molecule has 34 heavy (non-hydrogen) atoms. The summed E-state index contributed by atoms with van der Waals surface area (Å²) in [7, 11) is -4.34. The van der Waals surface area contributed by atoms with Gasteiger partial charge in [-0.15, -0.1) is 0 Å². The normalized spacial score (nSPS) is 12.0. The fraction of sp³-hybridized carbons (Fsp3) is 0.240. The van der Waals surface area contributed by atoms with Crippen LogP contribution in [-0.4, -0.2) is 20.9 Å². The Morgan fingerprint density at radius 3 is 2.24 bits per heavy atom. The lowest BCUT2D eigenvalue weighted by Crippen LogP contribution is -2.38. The molecule has 0 heterocycles. The number of nitrogens with one attached hydrogen (secondary N) is 1. The molecular formula is C25H25F3N2O3S. The Morgan fingerprint density at radius 2 is 1.62 bits per heavy atom. The Labute approximate surface area is 197 Å². The summed E-state index contributed by atoms with van der Waals surface area (Å²) in [6, 6.07) is 16.7. The lowest BCUT2D eigenvalue weighted by Gasteiger charge is -2.25. The zero-order chi connectivity index (χ0) is 25.1. The fourth-order valence-corrected chi connectivity index (χ4v) is 4.96. The quantitative estimate of drug-likeness (QED) is 0.444. The summed E-state index contributed by atoms with van der Waals surface area (Å²) in [6.45, 7) is 5.02. The Balaban J connectivity index is 2.04. The molecule has 0 spiro atoms. The van der Waals surface area contributed by atoms with E-state index in [4.69, 9.17) is 0 Å². The number of benzene rings is 3. The number of nitrogens with zero attached hydrogens (tertiary/aromatic N) is 1. The standard InChI is InChI=1S/C25H25F3N2O3S/c1-17(2)22-14-7-9-18(3)24(22)29-23(31)16-30(34(32,33)21-12-5-4-6-13-21)20-11-8-10-19(15-20)25(26,27)28/h4-15,17H,16H2,1-3H3,(H,29,31). The van der Waals surface area contributed by atoms with E-state index in [0.717, 1.165) is 29.3 Å². The molecule has 3 rings (SSSR count). The summed E-state index contributed by atoms with van der Waals surface area (Å²) in [5, 5.41) is 2.76. The van der Waals surface area contributed by atoms with Crippen LogP contribution in [0.1, 0.15) is 36.5 Å². The first-order chi connectivity index (χ1) is 15.9. The van der Waals surface area contributed by atoms with Gasteiger partial charge in [0.05, 0.1) is 16.1 Å². The van der Waals surface area contributed by atoms with Crippen LogP contribution in [0, 0.1) is 6.92 Å². The number of carbonyl (C=O) groups is 1. The van der Waals surface area contributed by atoms with Gasteiger partial charge in [0.1, 0.15) is 6.54 Å². The third kappa shape index (κ3) is 5.59. The highest BCUT2D eigenvalue weighted by molar-refractivity contribution is 7.92. The highest BCUT2D eigenvalue weighted by Gasteiger charge is 2.33. The Bertz CT molecular complexity index is 1270. The monoisotopic (exact) mass is 490 g/mol. The number of sulfonamides is 1. The number of rotatable bonds is 7. The molecule has 1 amide bonds. The van der Waals surface area contributed by atoms with Gasteiger partial charge in [0, 0.05) is 5.69 Å². The summed E-state index contributed by atoms with van der Waals surface area (Å²) in [5.74, 6) is -0.587. The largest absolute Gasteiger partial charge is 0.416 e. The van der Waals surface area contributed by atoms with Gasteiger partial charge in [0.2, 0.25) is 5.91 Å². The maximum atomic E-state index is 13.4. The third-order valence-corrected chi connectivity index (χ3v) is 7.06. The van der Waals surface area contributed by atoms with Crippen molar-refractivity contribution in [3.63, 3.8) is 0 Å². The number of para-hydroxylation sites is 1. The van der Waals surface area contributed by atoms with Crippen molar-refractivity contribution >= 4 is 27.3 Å². The number of carbonyl (C=O) groups excluding carboxylic acids is 1. The van der Waals surface area contributed by atoms with E-state index in [9.17, 15) is 26.4 Å². The van der Waals surface area contributed by atoms with E-state index in [2.05, 4.69) is 5.32 Å². The summed E-state index contributed by atoms with van der Waals surface area (Å²) in [5.41, 5.74) is 0.937. The van der Waals surface area contributed by atoms with Crippen molar-refractivity contribution in [3.8, 4) is 0 Å². The molecule has 0 aliphatic carbocycles. The van der Waals surface area contributed by atoms with Gasteiger partial charge in [0.25, 0.3) is 10.0 Å². The molecule has 0 fully saturated rings. The van der Waals surface area contributed by atoms with Crippen LogP contribution in [0.5, 0.6) is 0 Å². The van der Waals surface area contributed by atoms with Crippen molar-refractivity contribution in [2.24, 2.45) is 0 Å². The minimum atomic E-state index is -4.67.